The molecule has 0 radical (unpaired) electrons. The molecule has 0 spiro atoms. The predicted molar refractivity (Wildman–Crippen MR) is 88.0 cm³/mol. The van der Waals surface area contributed by atoms with Gasteiger partial charge in [0.25, 0.3) is 11.2 Å². The highest BCUT2D eigenvalue weighted by molar-refractivity contribution is 5.91. The summed E-state index contributed by atoms with van der Waals surface area (Å²) in [6.07, 6.45) is 1.81. The Kier molecular flexibility index (Phi) is 4.64. The number of amides is 1. The molecule has 9 heteroatoms. The van der Waals surface area contributed by atoms with Crippen LogP contribution in [0.3, 0.4) is 0 Å². The number of nitro groups is 1. The zero-order valence-electron chi connectivity index (χ0n) is 13.1. The summed E-state index contributed by atoms with van der Waals surface area (Å²) in [6, 6.07) is 7.13. The summed E-state index contributed by atoms with van der Waals surface area (Å²) in [5.41, 5.74) is -0.282. The average Bonchev–Trinajstić information content (AvgIpc) is 2.81. The predicted octanol–water partition coefficient (Wildman–Crippen LogP) is 1.56. The Labute approximate surface area is 141 Å². The number of benzene rings is 1. The van der Waals surface area contributed by atoms with E-state index in [2.05, 4.69) is 5.32 Å². The fourth-order valence-corrected chi connectivity index (χ4v) is 2.35. The molecule has 1 aliphatic heterocycles. The van der Waals surface area contributed by atoms with E-state index in [0.29, 0.717) is 30.4 Å². The van der Waals surface area contributed by atoms with Crippen LogP contribution in [0.15, 0.2) is 41.3 Å². The molecule has 0 saturated carbocycles. The number of fused-ring (bicyclic) bond motifs is 1. The molecule has 0 bridgehead atoms. The highest BCUT2D eigenvalue weighted by Crippen LogP contribution is 2.32. The molecule has 0 unspecified atom stereocenters. The van der Waals surface area contributed by atoms with Crippen LogP contribution in [0.5, 0.6) is 11.5 Å². The highest BCUT2D eigenvalue weighted by Gasteiger charge is 2.13. The summed E-state index contributed by atoms with van der Waals surface area (Å²) in [4.78, 5) is 34.0. The lowest BCUT2D eigenvalue weighted by Gasteiger charge is -2.11. The summed E-state index contributed by atoms with van der Waals surface area (Å²) < 4.78 is 12.0. The molecule has 0 aliphatic carbocycles. The van der Waals surface area contributed by atoms with E-state index in [-0.39, 0.29) is 12.2 Å². The van der Waals surface area contributed by atoms with Gasteiger partial charge in [-0.05, 0) is 12.1 Å². The van der Waals surface area contributed by atoms with E-state index in [0.717, 1.165) is 29.3 Å². The topological polar surface area (TPSA) is 113 Å². The summed E-state index contributed by atoms with van der Waals surface area (Å²) >= 11 is 0. The Hall–Kier alpha value is -3.36. The number of nitrogens with one attached hydrogen (secondary N) is 1. The first-order valence-corrected chi connectivity index (χ1v) is 7.57. The van der Waals surface area contributed by atoms with Gasteiger partial charge in [-0.2, -0.15) is 0 Å². The fourth-order valence-electron chi connectivity index (χ4n) is 2.35. The number of hydrogen-bond acceptors (Lipinski definition) is 6. The van der Waals surface area contributed by atoms with Crippen LogP contribution >= 0.6 is 0 Å². The van der Waals surface area contributed by atoms with E-state index in [1.54, 1.807) is 18.2 Å². The van der Waals surface area contributed by atoms with E-state index in [9.17, 15) is 19.7 Å². The van der Waals surface area contributed by atoms with Crippen LogP contribution in [0.2, 0.25) is 0 Å². The van der Waals surface area contributed by atoms with Gasteiger partial charge >= 0.3 is 0 Å². The first-order chi connectivity index (χ1) is 12.0. The number of hydrogen-bond donors (Lipinski definition) is 1. The van der Waals surface area contributed by atoms with Crippen LogP contribution in [-0.4, -0.2) is 28.6 Å². The Morgan fingerprint density at radius 1 is 1.20 bits per heavy atom. The third kappa shape index (κ3) is 3.94. The Balaban J connectivity index is 1.73. The van der Waals surface area contributed by atoms with E-state index in [1.165, 1.54) is 0 Å². The van der Waals surface area contributed by atoms with Gasteiger partial charge in [-0.1, -0.05) is 0 Å². The summed E-state index contributed by atoms with van der Waals surface area (Å²) in [5, 5.41) is 13.4. The second kappa shape index (κ2) is 7.04. The minimum atomic E-state index is -0.627. The first kappa shape index (κ1) is 16.5. The second-order valence-electron chi connectivity index (χ2n) is 5.37. The molecule has 1 aromatic carbocycles. The van der Waals surface area contributed by atoms with Crippen LogP contribution in [0.1, 0.15) is 6.42 Å². The smallest absolute Gasteiger partial charge is 0.285 e. The quantitative estimate of drug-likeness (QED) is 0.664. The molecule has 0 fully saturated rings. The lowest BCUT2D eigenvalue weighted by Crippen LogP contribution is -2.26. The molecular formula is C16H15N3O6. The van der Waals surface area contributed by atoms with Crippen LogP contribution in [0.25, 0.3) is 0 Å². The van der Waals surface area contributed by atoms with Gasteiger partial charge in [0.05, 0.1) is 24.3 Å². The average molecular weight is 345 g/mol. The molecule has 9 nitrogen and oxygen atoms in total. The molecule has 1 aromatic heterocycles. The van der Waals surface area contributed by atoms with E-state index in [1.807, 2.05) is 0 Å². The van der Waals surface area contributed by atoms with Gasteiger partial charge in [-0.15, -0.1) is 0 Å². The molecule has 25 heavy (non-hydrogen) atoms. The number of rotatable bonds is 4. The third-order valence-corrected chi connectivity index (χ3v) is 3.52. The van der Waals surface area contributed by atoms with Crippen molar-refractivity contribution >= 4 is 17.3 Å². The van der Waals surface area contributed by atoms with Crippen LogP contribution < -0.4 is 20.3 Å². The van der Waals surface area contributed by atoms with Gasteiger partial charge in [0.1, 0.15) is 6.54 Å². The maximum Gasteiger partial charge on any atom is 0.285 e. The highest BCUT2D eigenvalue weighted by atomic mass is 16.6. The zero-order valence-corrected chi connectivity index (χ0v) is 13.1. The number of ether oxygens (including phenoxy) is 2. The number of carbonyl (C=O) groups is 1. The van der Waals surface area contributed by atoms with Crippen molar-refractivity contribution in [3.8, 4) is 11.5 Å². The number of pyridine rings is 1. The van der Waals surface area contributed by atoms with Gasteiger partial charge in [0.2, 0.25) is 5.91 Å². The molecule has 0 saturated heterocycles. The molecule has 2 heterocycles. The summed E-state index contributed by atoms with van der Waals surface area (Å²) in [6.45, 7) is 0.747. The molecule has 1 amide bonds. The van der Waals surface area contributed by atoms with Crippen molar-refractivity contribution in [2.75, 3.05) is 18.5 Å². The van der Waals surface area contributed by atoms with E-state index < -0.39 is 16.4 Å². The number of nitrogens with zero attached hydrogens (tertiary/aromatic N) is 2. The normalized spacial score (nSPS) is 13.0. The number of anilines is 1. The van der Waals surface area contributed by atoms with Crippen LogP contribution in [-0.2, 0) is 11.3 Å². The standard InChI is InChI=1S/C16H15N3O6/c20-15(10-18-9-12(19(22)23)3-5-16(18)21)17-11-2-4-13-14(8-11)25-7-1-6-24-13/h2-5,8-9H,1,6-7,10H2,(H,17,20). The van der Waals surface area contributed by atoms with Crippen molar-refractivity contribution in [3.05, 3.63) is 57.0 Å². The SMILES string of the molecule is O=C(Cn1cc([N+](=O)[O-])ccc1=O)Nc1ccc2c(c1)OCCCO2. The van der Waals surface area contributed by atoms with E-state index in [4.69, 9.17) is 9.47 Å². The van der Waals surface area contributed by atoms with E-state index >= 15 is 0 Å². The second-order valence-corrected chi connectivity index (χ2v) is 5.37. The van der Waals surface area contributed by atoms with Crippen molar-refractivity contribution in [3.63, 3.8) is 0 Å². The summed E-state index contributed by atoms with van der Waals surface area (Å²) in [7, 11) is 0. The van der Waals surface area contributed by atoms with Gasteiger partial charge in [-0.3, -0.25) is 24.3 Å². The van der Waals surface area contributed by atoms with Crippen molar-refractivity contribution < 1.29 is 19.2 Å². The maximum absolute atomic E-state index is 12.1. The molecule has 130 valence electrons. The zero-order chi connectivity index (χ0) is 17.8. The largest absolute Gasteiger partial charge is 0.490 e. The molecule has 2 aromatic rings. The molecule has 0 atom stereocenters. The monoisotopic (exact) mass is 345 g/mol. The van der Waals surface area contributed by atoms with Gasteiger partial charge in [0.15, 0.2) is 11.5 Å². The van der Waals surface area contributed by atoms with Crippen molar-refractivity contribution in [1.29, 1.82) is 0 Å². The van der Waals surface area contributed by atoms with Gasteiger partial charge in [0, 0.05) is 30.3 Å². The maximum atomic E-state index is 12.1. The van der Waals surface area contributed by atoms with Crippen molar-refractivity contribution in [1.82, 2.24) is 4.57 Å². The Morgan fingerprint density at radius 2 is 1.96 bits per heavy atom. The fraction of sp³-hybridized carbons (Fsp3) is 0.250. The Bertz CT molecular complexity index is 876. The third-order valence-electron chi connectivity index (χ3n) is 3.52. The Morgan fingerprint density at radius 3 is 2.72 bits per heavy atom. The van der Waals surface area contributed by atoms with Crippen LogP contribution in [0, 0.1) is 10.1 Å². The first-order valence-electron chi connectivity index (χ1n) is 7.57. The number of carbonyl (C=O) groups excluding carboxylic acids is 1. The summed E-state index contributed by atoms with van der Waals surface area (Å²) in [5.74, 6) is 0.644. The minimum absolute atomic E-state index is 0.261. The van der Waals surface area contributed by atoms with Gasteiger partial charge in [-0.25, -0.2) is 0 Å². The minimum Gasteiger partial charge on any atom is -0.490 e. The number of aromatic nitrogens is 1. The van der Waals surface area contributed by atoms with Crippen molar-refractivity contribution in [2.24, 2.45) is 0 Å². The molecule has 1 N–H and O–H groups in total. The van der Waals surface area contributed by atoms with Gasteiger partial charge < -0.3 is 14.8 Å². The molecule has 3 rings (SSSR count). The van der Waals surface area contributed by atoms with Crippen LogP contribution in [0.4, 0.5) is 11.4 Å². The lowest BCUT2D eigenvalue weighted by molar-refractivity contribution is -0.385. The van der Waals surface area contributed by atoms with Crippen molar-refractivity contribution in [2.45, 2.75) is 13.0 Å². The lowest BCUT2D eigenvalue weighted by atomic mass is 10.2. The molecule has 1 aliphatic rings. The molecular weight excluding hydrogens is 330 g/mol.